The van der Waals surface area contributed by atoms with Gasteiger partial charge in [-0.15, -0.1) is 0 Å². The molecule has 1 aromatic rings. The van der Waals surface area contributed by atoms with Gasteiger partial charge in [-0.05, 0) is 44.2 Å². The summed E-state index contributed by atoms with van der Waals surface area (Å²) in [5.41, 5.74) is 1.99. The summed E-state index contributed by atoms with van der Waals surface area (Å²) in [7, 11) is -3.54. The van der Waals surface area contributed by atoms with Crippen molar-refractivity contribution < 1.29 is 8.42 Å². The smallest absolute Gasteiger partial charge is 0.200 e. The first-order valence-electron chi connectivity index (χ1n) is 6.64. The second-order valence-electron chi connectivity index (χ2n) is 5.16. The highest BCUT2D eigenvalue weighted by Crippen LogP contribution is 2.21. The van der Waals surface area contributed by atoms with E-state index in [1.807, 2.05) is 6.92 Å². The van der Waals surface area contributed by atoms with E-state index >= 15 is 0 Å². The van der Waals surface area contributed by atoms with E-state index < -0.39 is 10.0 Å². The lowest BCUT2D eigenvalue weighted by Gasteiger charge is -2.19. The zero-order chi connectivity index (χ0) is 13.9. The highest BCUT2D eigenvalue weighted by Gasteiger charge is 2.18. The second kappa shape index (κ2) is 5.74. The number of hydrogen-bond acceptors (Lipinski definition) is 3. The Hall–Kier alpha value is -1.36. The van der Waals surface area contributed by atoms with Crippen LogP contribution in [0.2, 0.25) is 0 Å². The van der Waals surface area contributed by atoms with E-state index in [1.54, 1.807) is 24.3 Å². The molecule has 1 aliphatic rings. The van der Waals surface area contributed by atoms with Crippen molar-refractivity contribution in [3.8, 4) is 0 Å². The van der Waals surface area contributed by atoms with Gasteiger partial charge in [-0.3, -0.25) is 0 Å². The van der Waals surface area contributed by atoms with Gasteiger partial charge in [-0.25, -0.2) is 4.83 Å². The van der Waals surface area contributed by atoms with Gasteiger partial charge in [0.2, 0.25) is 0 Å². The topological polar surface area (TPSA) is 58.5 Å². The molecule has 0 spiro atoms. The molecule has 1 N–H and O–H groups in total. The maximum atomic E-state index is 12.1. The maximum absolute atomic E-state index is 12.1. The normalized spacial score (nSPS) is 22.4. The van der Waals surface area contributed by atoms with Crippen molar-refractivity contribution >= 4 is 15.7 Å². The molecule has 1 atom stereocenters. The lowest BCUT2D eigenvalue weighted by molar-refractivity contribution is 0.552. The molecule has 0 heterocycles. The van der Waals surface area contributed by atoms with Gasteiger partial charge in [0.05, 0.1) is 4.90 Å². The molecule has 0 saturated heterocycles. The molecule has 2 rings (SSSR count). The van der Waals surface area contributed by atoms with E-state index in [0.717, 1.165) is 30.5 Å². The van der Waals surface area contributed by atoms with Crippen LogP contribution in [0.4, 0.5) is 0 Å². The number of hydrazone groups is 1. The lowest BCUT2D eigenvalue weighted by atomic mass is 9.89. The average molecular weight is 280 g/mol. The molecule has 19 heavy (non-hydrogen) atoms. The van der Waals surface area contributed by atoms with Crippen LogP contribution in [0.5, 0.6) is 0 Å². The summed E-state index contributed by atoms with van der Waals surface area (Å²) in [5, 5.41) is 4.11. The molecule has 0 aliphatic heterocycles. The molecule has 5 heteroatoms. The summed E-state index contributed by atoms with van der Waals surface area (Å²) in [6.45, 7) is 4.02. The Kier molecular flexibility index (Phi) is 4.24. The third kappa shape index (κ3) is 3.56. The van der Waals surface area contributed by atoms with E-state index in [4.69, 9.17) is 0 Å². The Labute approximate surface area is 115 Å². The zero-order valence-corrected chi connectivity index (χ0v) is 12.2. The van der Waals surface area contributed by atoms with Gasteiger partial charge < -0.3 is 0 Å². The molecule has 1 fully saturated rings. The fraction of sp³-hybridized carbons (Fsp3) is 0.500. The summed E-state index contributed by atoms with van der Waals surface area (Å²) >= 11 is 0. The number of rotatable bonds is 3. The minimum absolute atomic E-state index is 0.255. The first-order chi connectivity index (χ1) is 8.99. The van der Waals surface area contributed by atoms with Gasteiger partial charge in [-0.2, -0.15) is 13.5 Å². The molecule has 1 aliphatic carbocycles. The van der Waals surface area contributed by atoms with Gasteiger partial charge >= 0.3 is 0 Å². The van der Waals surface area contributed by atoms with Crippen LogP contribution in [0.15, 0.2) is 34.3 Å². The highest BCUT2D eigenvalue weighted by molar-refractivity contribution is 7.89. The van der Waals surface area contributed by atoms with Gasteiger partial charge in [0.25, 0.3) is 10.0 Å². The largest absolute Gasteiger partial charge is 0.276 e. The van der Waals surface area contributed by atoms with Crippen molar-refractivity contribution in [2.75, 3.05) is 0 Å². The van der Waals surface area contributed by atoms with E-state index in [9.17, 15) is 8.42 Å². The Morgan fingerprint density at radius 1 is 1.21 bits per heavy atom. The monoisotopic (exact) mass is 280 g/mol. The highest BCUT2D eigenvalue weighted by atomic mass is 32.2. The van der Waals surface area contributed by atoms with E-state index in [0.29, 0.717) is 5.92 Å². The molecule has 4 nitrogen and oxygen atoms in total. The number of nitrogens with zero attached hydrogens (tertiary/aromatic N) is 1. The molecular formula is C14H20N2O2S. The summed E-state index contributed by atoms with van der Waals surface area (Å²) < 4.78 is 24.1. The lowest BCUT2D eigenvalue weighted by Crippen LogP contribution is -2.24. The van der Waals surface area contributed by atoms with Crippen LogP contribution >= 0.6 is 0 Å². The molecule has 104 valence electrons. The van der Waals surface area contributed by atoms with Crippen LogP contribution in [-0.4, -0.2) is 14.1 Å². The van der Waals surface area contributed by atoms with Crippen LogP contribution in [-0.2, 0) is 10.0 Å². The third-order valence-electron chi connectivity index (χ3n) is 3.53. The van der Waals surface area contributed by atoms with E-state index in [-0.39, 0.29) is 4.90 Å². The Morgan fingerprint density at radius 2 is 1.89 bits per heavy atom. The minimum atomic E-state index is -3.54. The fourth-order valence-electron chi connectivity index (χ4n) is 2.22. The summed E-state index contributed by atoms with van der Waals surface area (Å²) in [4.78, 5) is 2.61. The summed E-state index contributed by atoms with van der Waals surface area (Å²) in [5.74, 6) is 0.370. The van der Waals surface area contributed by atoms with Crippen molar-refractivity contribution in [3.63, 3.8) is 0 Å². The number of nitrogens with one attached hydrogen (secondary N) is 1. The number of aryl methyl sites for hydroxylation is 1. The van der Waals surface area contributed by atoms with Crippen LogP contribution < -0.4 is 4.83 Å². The molecule has 1 aromatic carbocycles. The van der Waals surface area contributed by atoms with Gasteiger partial charge in [0.15, 0.2) is 0 Å². The first kappa shape index (κ1) is 14.1. The zero-order valence-electron chi connectivity index (χ0n) is 11.4. The average Bonchev–Trinajstić information content (AvgIpc) is 2.38. The maximum Gasteiger partial charge on any atom is 0.276 e. The van der Waals surface area contributed by atoms with Crippen LogP contribution in [0, 0.1) is 12.8 Å². The van der Waals surface area contributed by atoms with Crippen molar-refractivity contribution in [1.82, 2.24) is 4.83 Å². The predicted octanol–water partition coefficient (Wildman–Crippen LogP) is 2.84. The SMILES string of the molecule is Cc1ccc(S(=O)(=O)N/N=C2\CCCC[C@H]2C)cc1. The molecule has 1 saturated carbocycles. The molecule has 0 aromatic heterocycles. The van der Waals surface area contributed by atoms with Crippen LogP contribution in [0.3, 0.4) is 0 Å². The third-order valence-corrected chi connectivity index (χ3v) is 4.75. The number of benzene rings is 1. The van der Waals surface area contributed by atoms with Gasteiger partial charge in [-0.1, -0.05) is 31.0 Å². The molecule has 0 amide bonds. The standard InChI is InChI=1S/C14H20N2O2S/c1-11-7-9-13(10-8-11)19(17,18)16-15-14-6-4-3-5-12(14)2/h7-10,12,16H,3-6H2,1-2H3/b15-14+/t12-/m1/s1. The second-order valence-corrected chi connectivity index (χ2v) is 6.82. The molecule has 0 unspecified atom stereocenters. The summed E-state index contributed by atoms with van der Waals surface area (Å²) in [6.07, 6.45) is 4.27. The molecule has 0 radical (unpaired) electrons. The quantitative estimate of drug-likeness (QED) is 0.865. The van der Waals surface area contributed by atoms with Crippen molar-refractivity contribution in [3.05, 3.63) is 29.8 Å². The summed E-state index contributed by atoms with van der Waals surface area (Å²) in [6, 6.07) is 6.76. The Bertz CT molecular complexity index is 562. The minimum Gasteiger partial charge on any atom is -0.200 e. The molecular weight excluding hydrogens is 260 g/mol. The van der Waals surface area contributed by atoms with Gasteiger partial charge in [0, 0.05) is 5.71 Å². The molecule has 0 bridgehead atoms. The fourth-order valence-corrected chi connectivity index (χ4v) is 3.06. The van der Waals surface area contributed by atoms with E-state index in [1.165, 1.54) is 6.42 Å². The van der Waals surface area contributed by atoms with Gasteiger partial charge in [0.1, 0.15) is 0 Å². The van der Waals surface area contributed by atoms with Crippen molar-refractivity contribution in [2.45, 2.75) is 44.4 Å². The van der Waals surface area contributed by atoms with Crippen molar-refractivity contribution in [1.29, 1.82) is 0 Å². The van der Waals surface area contributed by atoms with Crippen LogP contribution in [0.1, 0.15) is 38.2 Å². The van der Waals surface area contributed by atoms with Crippen molar-refractivity contribution in [2.24, 2.45) is 11.0 Å². The Morgan fingerprint density at radius 3 is 2.53 bits per heavy atom. The van der Waals surface area contributed by atoms with Crippen LogP contribution in [0.25, 0.3) is 0 Å². The number of sulfonamides is 1. The Balaban J connectivity index is 2.13. The first-order valence-corrected chi connectivity index (χ1v) is 8.12. The number of hydrogen-bond donors (Lipinski definition) is 1. The van der Waals surface area contributed by atoms with E-state index in [2.05, 4.69) is 16.9 Å². The predicted molar refractivity (Wildman–Crippen MR) is 76.6 cm³/mol.